The smallest absolute Gasteiger partial charge is 0.235 e. The fourth-order valence-corrected chi connectivity index (χ4v) is 5.45. The third kappa shape index (κ3) is 4.09. The predicted octanol–water partition coefficient (Wildman–Crippen LogP) is 2.53. The summed E-state index contributed by atoms with van der Waals surface area (Å²) in [5.74, 6) is 0.348. The number of hydrogen-bond donors (Lipinski definition) is 2. The number of sulfonamides is 1. The zero-order valence-corrected chi connectivity index (χ0v) is 18.0. The summed E-state index contributed by atoms with van der Waals surface area (Å²) in [6.45, 7) is 1.19. The molecule has 0 atom stereocenters. The fraction of sp³-hybridized carbons (Fsp3) is 0.227. The topological polar surface area (TPSA) is 113 Å². The third-order valence-corrected chi connectivity index (χ3v) is 7.37. The number of aromatic amines is 1. The lowest BCUT2D eigenvalue weighted by atomic mass is 10.1. The van der Waals surface area contributed by atoms with Gasteiger partial charge in [0.05, 0.1) is 29.7 Å². The Hall–Kier alpha value is -3.66. The molecule has 0 aliphatic carbocycles. The SMILES string of the molecule is O=C(Cc1ccc(Cn2ccnc2)cc1)Nc1n[nH]c2ccc(N3CCCS3(=O)=O)cc12. The lowest BCUT2D eigenvalue weighted by Gasteiger charge is -2.16. The average Bonchev–Trinajstić information content (AvgIpc) is 3.50. The molecular formula is C22H22N6O3S. The molecule has 2 aromatic carbocycles. The highest BCUT2D eigenvalue weighted by Crippen LogP contribution is 2.30. The molecule has 2 N–H and O–H groups in total. The van der Waals surface area contributed by atoms with Crippen molar-refractivity contribution >= 4 is 38.3 Å². The van der Waals surface area contributed by atoms with Gasteiger partial charge in [0.25, 0.3) is 0 Å². The number of benzene rings is 2. The Kier molecular flexibility index (Phi) is 5.14. The first-order valence-electron chi connectivity index (χ1n) is 10.3. The number of imidazole rings is 1. The monoisotopic (exact) mass is 450 g/mol. The van der Waals surface area contributed by atoms with E-state index in [1.807, 2.05) is 35.0 Å². The van der Waals surface area contributed by atoms with E-state index in [-0.39, 0.29) is 18.1 Å². The van der Waals surface area contributed by atoms with Gasteiger partial charge in [0.2, 0.25) is 15.9 Å². The minimum Gasteiger partial charge on any atom is -0.333 e. The van der Waals surface area contributed by atoms with Crippen LogP contribution in [0.1, 0.15) is 17.5 Å². The number of carbonyl (C=O) groups excluding carboxylic acids is 1. The number of anilines is 2. The van der Waals surface area contributed by atoms with Crippen LogP contribution in [-0.2, 0) is 27.8 Å². The molecule has 1 saturated heterocycles. The van der Waals surface area contributed by atoms with E-state index in [4.69, 9.17) is 0 Å². The molecule has 1 fully saturated rings. The van der Waals surface area contributed by atoms with Gasteiger partial charge >= 0.3 is 0 Å². The summed E-state index contributed by atoms with van der Waals surface area (Å²) in [5, 5.41) is 10.6. The van der Waals surface area contributed by atoms with Crippen LogP contribution in [0, 0.1) is 0 Å². The summed E-state index contributed by atoms with van der Waals surface area (Å²) < 4.78 is 27.9. The quantitative estimate of drug-likeness (QED) is 0.469. The molecule has 164 valence electrons. The number of amides is 1. The molecular weight excluding hydrogens is 428 g/mol. The van der Waals surface area contributed by atoms with Gasteiger partial charge in [-0.2, -0.15) is 5.10 Å². The first kappa shape index (κ1) is 20.3. The maximum Gasteiger partial charge on any atom is 0.235 e. The zero-order chi connectivity index (χ0) is 22.1. The standard InChI is InChI=1S/C22H22N6O3S/c29-21(12-16-2-4-17(5-3-16)14-27-10-8-23-15-27)24-22-19-13-18(6-7-20(19)25-26-22)28-9-1-11-32(28,30)31/h2-8,10,13,15H,1,9,11-12,14H2,(H2,24,25,26,29). The van der Waals surface area contributed by atoms with Crippen LogP contribution in [0.3, 0.4) is 0 Å². The Morgan fingerprint density at radius 2 is 1.94 bits per heavy atom. The molecule has 0 saturated carbocycles. The highest BCUT2D eigenvalue weighted by Gasteiger charge is 2.28. The van der Waals surface area contributed by atoms with Gasteiger partial charge in [-0.05, 0) is 35.7 Å². The minimum absolute atomic E-state index is 0.154. The Balaban J connectivity index is 1.29. The van der Waals surface area contributed by atoms with Crippen LogP contribution in [-0.4, -0.2) is 46.4 Å². The van der Waals surface area contributed by atoms with Crippen molar-refractivity contribution < 1.29 is 13.2 Å². The molecule has 9 nitrogen and oxygen atoms in total. The van der Waals surface area contributed by atoms with Crippen molar-refractivity contribution in [3.63, 3.8) is 0 Å². The van der Waals surface area contributed by atoms with E-state index in [1.165, 1.54) is 4.31 Å². The molecule has 0 radical (unpaired) electrons. The molecule has 3 heterocycles. The molecule has 0 unspecified atom stereocenters. The molecule has 5 rings (SSSR count). The van der Waals surface area contributed by atoms with Gasteiger partial charge in [0.1, 0.15) is 0 Å². The molecule has 1 amide bonds. The van der Waals surface area contributed by atoms with Gasteiger partial charge < -0.3 is 9.88 Å². The number of H-pyrrole nitrogens is 1. The van der Waals surface area contributed by atoms with Crippen molar-refractivity contribution in [1.82, 2.24) is 19.7 Å². The van der Waals surface area contributed by atoms with E-state index in [9.17, 15) is 13.2 Å². The lowest BCUT2D eigenvalue weighted by Crippen LogP contribution is -2.24. The molecule has 1 aliphatic rings. The Bertz CT molecular complexity index is 1360. The number of hydrogen-bond acceptors (Lipinski definition) is 5. The summed E-state index contributed by atoms with van der Waals surface area (Å²) in [6, 6.07) is 13.1. The number of nitrogens with one attached hydrogen (secondary N) is 2. The van der Waals surface area contributed by atoms with Gasteiger partial charge in [-0.3, -0.25) is 14.2 Å². The Labute approximate surface area is 185 Å². The molecule has 0 bridgehead atoms. The second-order valence-corrected chi connectivity index (χ2v) is 9.83. The lowest BCUT2D eigenvalue weighted by molar-refractivity contribution is -0.115. The number of fused-ring (bicyclic) bond motifs is 1. The largest absolute Gasteiger partial charge is 0.333 e. The highest BCUT2D eigenvalue weighted by molar-refractivity contribution is 7.93. The Morgan fingerprint density at radius 3 is 2.66 bits per heavy atom. The van der Waals surface area contributed by atoms with Crippen LogP contribution in [0.25, 0.3) is 10.9 Å². The van der Waals surface area contributed by atoms with E-state index < -0.39 is 10.0 Å². The first-order valence-corrected chi connectivity index (χ1v) is 11.9. The van der Waals surface area contributed by atoms with Gasteiger partial charge in [0, 0.05) is 30.9 Å². The normalized spacial score (nSPS) is 15.3. The van der Waals surface area contributed by atoms with Crippen molar-refractivity contribution in [2.24, 2.45) is 0 Å². The number of carbonyl (C=O) groups is 1. The molecule has 32 heavy (non-hydrogen) atoms. The van der Waals surface area contributed by atoms with Gasteiger partial charge in [-0.1, -0.05) is 24.3 Å². The van der Waals surface area contributed by atoms with Crippen LogP contribution in [0.4, 0.5) is 11.5 Å². The van der Waals surface area contributed by atoms with Gasteiger partial charge in [0.15, 0.2) is 5.82 Å². The van der Waals surface area contributed by atoms with Crippen molar-refractivity contribution in [1.29, 1.82) is 0 Å². The average molecular weight is 451 g/mol. The van der Waals surface area contributed by atoms with E-state index in [0.717, 1.165) is 23.2 Å². The molecule has 4 aromatic rings. The van der Waals surface area contributed by atoms with Crippen molar-refractivity contribution in [2.75, 3.05) is 21.9 Å². The van der Waals surface area contributed by atoms with Crippen molar-refractivity contribution in [2.45, 2.75) is 19.4 Å². The summed E-state index contributed by atoms with van der Waals surface area (Å²) in [4.78, 5) is 16.7. The first-order chi connectivity index (χ1) is 15.5. The predicted molar refractivity (Wildman–Crippen MR) is 122 cm³/mol. The number of aromatic nitrogens is 4. The van der Waals surface area contributed by atoms with Crippen molar-refractivity contribution in [3.05, 3.63) is 72.3 Å². The molecule has 2 aromatic heterocycles. The van der Waals surface area contributed by atoms with Crippen molar-refractivity contribution in [3.8, 4) is 0 Å². The minimum atomic E-state index is -3.28. The second-order valence-electron chi connectivity index (χ2n) is 7.82. The number of rotatable bonds is 6. The maximum atomic E-state index is 12.6. The second kappa shape index (κ2) is 8.12. The van der Waals surface area contributed by atoms with E-state index in [1.54, 1.807) is 30.7 Å². The zero-order valence-electron chi connectivity index (χ0n) is 17.2. The molecule has 0 spiro atoms. The maximum absolute atomic E-state index is 12.6. The summed E-state index contributed by atoms with van der Waals surface area (Å²) in [7, 11) is -3.28. The van der Waals surface area contributed by atoms with E-state index in [0.29, 0.717) is 29.9 Å². The van der Waals surface area contributed by atoms with Crippen LogP contribution in [0.2, 0.25) is 0 Å². The summed E-state index contributed by atoms with van der Waals surface area (Å²) in [6.07, 6.45) is 6.22. The van der Waals surface area contributed by atoms with Crippen LogP contribution >= 0.6 is 0 Å². The summed E-state index contributed by atoms with van der Waals surface area (Å²) >= 11 is 0. The fourth-order valence-electron chi connectivity index (χ4n) is 3.90. The summed E-state index contributed by atoms with van der Waals surface area (Å²) in [5.41, 5.74) is 3.32. The van der Waals surface area contributed by atoms with Crippen LogP contribution in [0.5, 0.6) is 0 Å². The highest BCUT2D eigenvalue weighted by atomic mass is 32.2. The Morgan fingerprint density at radius 1 is 1.12 bits per heavy atom. The number of nitrogens with zero attached hydrogens (tertiary/aromatic N) is 4. The third-order valence-electron chi connectivity index (χ3n) is 5.50. The van der Waals surface area contributed by atoms with Gasteiger partial charge in [-0.25, -0.2) is 13.4 Å². The van der Waals surface area contributed by atoms with Gasteiger partial charge in [-0.15, -0.1) is 0 Å². The van der Waals surface area contributed by atoms with E-state index >= 15 is 0 Å². The van der Waals surface area contributed by atoms with Crippen LogP contribution < -0.4 is 9.62 Å². The van der Waals surface area contributed by atoms with E-state index in [2.05, 4.69) is 20.5 Å². The van der Waals surface area contributed by atoms with Crippen LogP contribution in [0.15, 0.2) is 61.2 Å². The molecule has 1 aliphatic heterocycles. The molecule has 10 heteroatoms.